The third-order valence-corrected chi connectivity index (χ3v) is 4.45. The zero-order chi connectivity index (χ0) is 15.9. The number of aromatic nitrogens is 2. The Morgan fingerprint density at radius 1 is 1.18 bits per heavy atom. The van der Waals surface area contributed by atoms with Crippen LogP contribution in [0.3, 0.4) is 0 Å². The van der Waals surface area contributed by atoms with Gasteiger partial charge in [-0.05, 0) is 29.2 Å². The summed E-state index contributed by atoms with van der Waals surface area (Å²) in [6, 6.07) is 8.71. The van der Waals surface area contributed by atoms with Gasteiger partial charge in [-0.1, -0.05) is 34.8 Å². The molecule has 0 fully saturated rings. The number of carbonyl (C=O) groups excluding carboxylic acids is 1. The standard InChI is InChI=1S/C14H7Cl3N2O3/c15-9-3-1-8(2-4-9)10-5-6-19(7-18-10)14(17)11(16)12(20)22-13(14)21/h1-7H. The Labute approximate surface area is 140 Å². The molecule has 0 saturated carbocycles. The van der Waals surface area contributed by atoms with Crippen molar-refractivity contribution in [3.05, 3.63) is 58.9 Å². The Morgan fingerprint density at radius 2 is 1.86 bits per heavy atom. The minimum Gasteiger partial charge on any atom is -0.547 e. The van der Waals surface area contributed by atoms with E-state index in [9.17, 15) is 9.90 Å². The van der Waals surface area contributed by atoms with Crippen LogP contribution >= 0.6 is 34.8 Å². The second-order valence-electron chi connectivity index (χ2n) is 4.47. The van der Waals surface area contributed by atoms with E-state index in [0.717, 1.165) is 5.56 Å². The molecule has 0 aliphatic carbocycles. The first kappa shape index (κ1) is 15.1. The fraction of sp³-hybridized carbons (Fsp3) is 0.0714. The van der Waals surface area contributed by atoms with Crippen molar-refractivity contribution in [1.29, 1.82) is 0 Å². The van der Waals surface area contributed by atoms with Gasteiger partial charge in [0, 0.05) is 16.7 Å². The van der Waals surface area contributed by atoms with E-state index in [-0.39, 0.29) is 0 Å². The van der Waals surface area contributed by atoms with Crippen molar-refractivity contribution >= 4 is 40.8 Å². The third-order valence-electron chi connectivity index (χ3n) is 3.14. The quantitative estimate of drug-likeness (QED) is 0.468. The Hall–Kier alpha value is -1.82. The van der Waals surface area contributed by atoms with Gasteiger partial charge in [0.25, 0.3) is 17.3 Å². The summed E-state index contributed by atoms with van der Waals surface area (Å²) >= 11 is 17.8. The number of halogens is 3. The molecule has 22 heavy (non-hydrogen) atoms. The van der Waals surface area contributed by atoms with Crippen LogP contribution in [0.25, 0.3) is 11.3 Å². The predicted molar refractivity (Wildman–Crippen MR) is 77.7 cm³/mol. The van der Waals surface area contributed by atoms with E-state index in [1.165, 1.54) is 17.1 Å². The van der Waals surface area contributed by atoms with Gasteiger partial charge in [-0.3, -0.25) is 4.79 Å². The van der Waals surface area contributed by atoms with Crippen LogP contribution in [-0.4, -0.2) is 11.0 Å². The zero-order valence-electron chi connectivity index (χ0n) is 10.8. The minimum atomic E-state index is -1.91. The van der Waals surface area contributed by atoms with Crippen molar-refractivity contribution in [3.63, 3.8) is 0 Å². The molecule has 1 aromatic carbocycles. The summed E-state index contributed by atoms with van der Waals surface area (Å²) in [5.41, 5.74) is 1.47. The molecule has 1 aliphatic rings. The lowest BCUT2D eigenvalue weighted by Crippen LogP contribution is -2.56. The second kappa shape index (κ2) is 5.43. The van der Waals surface area contributed by atoms with E-state index < -0.39 is 21.9 Å². The fourth-order valence-electron chi connectivity index (χ4n) is 1.97. The Morgan fingerprint density at radius 3 is 2.36 bits per heavy atom. The van der Waals surface area contributed by atoms with Crippen LogP contribution in [0.15, 0.2) is 53.8 Å². The van der Waals surface area contributed by atoms with E-state index >= 15 is 0 Å². The van der Waals surface area contributed by atoms with Gasteiger partial charge in [0.05, 0.1) is 12.1 Å². The molecule has 112 valence electrons. The molecule has 1 aliphatic heterocycles. The number of ether oxygens (including phenoxy) is 1. The van der Waals surface area contributed by atoms with Crippen LogP contribution < -0.4 is 9.67 Å². The molecule has 5 nitrogen and oxygen atoms in total. The fourth-order valence-corrected chi connectivity index (χ4v) is 2.53. The van der Waals surface area contributed by atoms with Crippen LogP contribution in [0.4, 0.5) is 0 Å². The summed E-state index contributed by atoms with van der Waals surface area (Å²) in [5, 5.41) is 11.5. The topological polar surface area (TPSA) is 66.1 Å². The van der Waals surface area contributed by atoms with E-state index in [4.69, 9.17) is 34.8 Å². The van der Waals surface area contributed by atoms with E-state index in [1.807, 2.05) is 0 Å². The predicted octanol–water partition coefficient (Wildman–Crippen LogP) is 1.91. The van der Waals surface area contributed by atoms with Gasteiger partial charge in [-0.25, -0.2) is 4.57 Å². The van der Waals surface area contributed by atoms with Gasteiger partial charge >= 0.3 is 0 Å². The molecular formula is C14H7Cl3N2O3. The lowest BCUT2D eigenvalue weighted by Gasteiger charge is -2.17. The molecule has 1 aromatic heterocycles. The van der Waals surface area contributed by atoms with E-state index in [1.54, 1.807) is 30.3 Å². The van der Waals surface area contributed by atoms with Gasteiger partial charge in [0.15, 0.2) is 5.69 Å². The summed E-state index contributed by atoms with van der Waals surface area (Å²) in [6.45, 7) is 0. The molecule has 0 spiro atoms. The van der Waals surface area contributed by atoms with Crippen LogP contribution in [0.1, 0.15) is 0 Å². The van der Waals surface area contributed by atoms with Gasteiger partial charge in [-0.2, -0.15) is 0 Å². The second-order valence-corrected chi connectivity index (χ2v) is 5.83. The summed E-state index contributed by atoms with van der Waals surface area (Å²) in [7, 11) is 0. The average Bonchev–Trinajstić information content (AvgIpc) is 2.72. The average molecular weight is 358 g/mol. The Balaban J connectivity index is 1.98. The van der Waals surface area contributed by atoms with Gasteiger partial charge in [0.2, 0.25) is 0 Å². The smallest absolute Gasteiger partial charge is 0.293 e. The number of cyclic esters (lactones) is 1. The number of alkyl halides is 1. The van der Waals surface area contributed by atoms with Crippen molar-refractivity contribution < 1.29 is 19.2 Å². The first-order valence-electron chi connectivity index (χ1n) is 6.05. The van der Waals surface area contributed by atoms with Crippen molar-refractivity contribution in [3.8, 4) is 11.3 Å². The zero-order valence-corrected chi connectivity index (χ0v) is 13.1. The number of esters is 1. The van der Waals surface area contributed by atoms with Crippen LogP contribution in [0, 0.1) is 0 Å². The number of benzene rings is 1. The monoisotopic (exact) mass is 356 g/mol. The molecule has 1 unspecified atom stereocenters. The highest BCUT2D eigenvalue weighted by atomic mass is 35.5. The summed E-state index contributed by atoms with van der Waals surface area (Å²) in [5.74, 6) is -1.92. The van der Waals surface area contributed by atoms with Crippen molar-refractivity contribution in [2.75, 3.05) is 0 Å². The largest absolute Gasteiger partial charge is 0.547 e. The van der Waals surface area contributed by atoms with E-state index in [2.05, 4.69) is 9.72 Å². The first-order chi connectivity index (χ1) is 10.4. The minimum absolute atomic E-state index is 0.426. The molecule has 0 saturated heterocycles. The molecule has 3 rings (SSSR count). The highest BCUT2D eigenvalue weighted by Crippen LogP contribution is 2.37. The molecule has 0 radical (unpaired) electrons. The van der Waals surface area contributed by atoms with Gasteiger partial charge < -0.3 is 9.84 Å². The first-order valence-corrected chi connectivity index (χ1v) is 7.18. The van der Waals surface area contributed by atoms with Gasteiger partial charge in [-0.15, -0.1) is 0 Å². The summed E-state index contributed by atoms with van der Waals surface area (Å²) in [4.78, 5) is 14.1. The Kier molecular flexibility index (Phi) is 3.72. The van der Waals surface area contributed by atoms with Crippen molar-refractivity contribution in [2.24, 2.45) is 0 Å². The van der Waals surface area contributed by atoms with Crippen LogP contribution in [-0.2, 0) is 14.5 Å². The lowest BCUT2D eigenvalue weighted by molar-refractivity contribution is -0.719. The maximum Gasteiger partial charge on any atom is 0.293 e. The molecule has 0 amide bonds. The third kappa shape index (κ3) is 2.31. The summed E-state index contributed by atoms with van der Waals surface area (Å²) < 4.78 is 5.64. The number of rotatable bonds is 2. The number of nitrogens with zero attached hydrogens (tertiary/aromatic N) is 2. The molecule has 1 atom stereocenters. The van der Waals surface area contributed by atoms with E-state index in [0.29, 0.717) is 10.7 Å². The maximum absolute atomic E-state index is 11.8. The molecule has 2 heterocycles. The van der Waals surface area contributed by atoms with Crippen molar-refractivity contribution in [2.45, 2.75) is 5.00 Å². The number of hydrogen-bond donors (Lipinski definition) is 0. The molecule has 8 heteroatoms. The maximum atomic E-state index is 11.8. The molecule has 2 aromatic rings. The molecule has 0 bridgehead atoms. The van der Waals surface area contributed by atoms with Crippen LogP contribution in [0.2, 0.25) is 5.02 Å². The molecular weight excluding hydrogens is 351 g/mol. The lowest BCUT2D eigenvalue weighted by atomic mass is 10.1. The SMILES string of the molecule is O=C1OC([O-])=C(Cl)C1(Cl)[n+]1ccc(-c2ccc(Cl)cc2)nc1. The Bertz CT molecular complexity index is 775. The number of carbonyl (C=O) groups is 1. The molecule has 0 N–H and O–H groups in total. The highest BCUT2D eigenvalue weighted by Gasteiger charge is 2.50. The summed E-state index contributed by atoms with van der Waals surface area (Å²) in [6.07, 6.45) is 2.80. The number of hydrogen-bond acceptors (Lipinski definition) is 4. The van der Waals surface area contributed by atoms with Crippen LogP contribution in [0.5, 0.6) is 0 Å². The normalized spacial score (nSPS) is 21.1. The van der Waals surface area contributed by atoms with Gasteiger partial charge in [0.1, 0.15) is 5.03 Å². The highest BCUT2D eigenvalue weighted by molar-refractivity contribution is 6.44. The van der Waals surface area contributed by atoms with Crippen molar-refractivity contribution in [1.82, 2.24) is 4.98 Å².